The van der Waals surface area contributed by atoms with Gasteiger partial charge in [0.1, 0.15) is 5.75 Å². The van der Waals surface area contributed by atoms with Gasteiger partial charge in [-0.1, -0.05) is 12.1 Å². The minimum Gasteiger partial charge on any atom is -0.484 e. The number of pyridine rings is 1. The number of aliphatic hydroxyl groups excluding tert-OH is 1. The molecule has 7 nitrogen and oxygen atoms in total. The molecule has 2 aromatic rings. The van der Waals surface area contributed by atoms with E-state index in [4.69, 9.17) is 9.84 Å². The maximum absolute atomic E-state index is 13.2. The van der Waals surface area contributed by atoms with Gasteiger partial charge in [-0.25, -0.2) is 8.42 Å². The summed E-state index contributed by atoms with van der Waals surface area (Å²) < 4.78 is 70.5. The Morgan fingerprint density at radius 3 is 2.57 bits per heavy atom. The van der Waals surface area contributed by atoms with E-state index in [-0.39, 0.29) is 32.7 Å². The number of carbonyl (C=O) groups excluding carboxylic acids is 1. The van der Waals surface area contributed by atoms with E-state index in [1.54, 1.807) is 24.3 Å². The third-order valence-corrected chi connectivity index (χ3v) is 7.00. The molecule has 3 rings (SSSR count). The van der Waals surface area contributed by atoms with Gasteiger partial charge in [-0.15, -0.1) is 0 Å². The van der Waals surface area contributed by atoms with E-state index < -0.39 is 37.6 Å². The van der Waals surface area contributed by atoms with Crippen molar-refractivity contribution in [3.8, 4) is 5.75 Å². The predicted molar refractivity (Wildman–Crippen MR) is 99.3 cm³/mol. The second kappa shape index (κ2) is 8.60. The van der Waals surface area contributed by atoms with E-state index in [1.807, 2.05) is 0 Å². The molecule has 1 aliphatic rings. The number of carbonyl (C=O) groups is 1. The summed E-state index contributed by atoms with van der Waals surface area (Å²) in [5, 5.41) is 7.85. The number of sulfone groups is 1. The van der Waals surface area contributed by atoms with Crippen LogP contribution < -0.4 is 4.74 Å². The van der Waals surface area contributed by atoms with Crippen LogP contribution in [0.3, 0.4) is 0 Å². The molecule has 1 amide bonds. The van der Waals surface area contributed by atoms with Gasteiger partial charge in [0.15, 0.2) is 16.4 Å². The van der Waals surface area contributed by atoms with Crippen molar-refractivity contribution in [2.75, 3.05) is 19.7 Å². The molecule has 1 aliphatic heterocycles. The Morgan fingerprint density at radius 1 is 1.23 bits per heavy atom. The van der Waals surface area contributed by atoms with Crippen LogP contribution in [0.5, 0.6) is 5.75 Å². The molecule has 162 valence electrons. The van der Waals surface area contributed by atoms with Crippen LogP contribution in [-0.4, -0.2) is 54.3 Å². The van der Waals surface area contributed by atoms with Crippen molar-refractivity contribution in [2.45, 2.75) is 29.3 Å². The predicted octanol–water partition coefficient (Wildman–Crippen LogP) is 2.05. The lowest BCUT2D eigenvalue weighted by atomic mass is 10.2. The van der Waals surface area contributed by atoms with Crippen molar-refractivity contribution < 1.29 is 36.2 Å². The first-order valence-electron chi connectivity index (χ1n) is 8.98. The molecule has 1 fully saturated rings. The van der Waals surface area contributed by atoms with Crippen LogP contribution in [-0.2, 0) is 27.4 Å². The minimum absolute atomic E-state index is 0.0193. The van der Waals surface area contributed by atoms with Crippen molar-refractivity contribution in [3.05, 3.63) is 53.9 Å². The molecular formula is C19H19F3N2O5S. The number of amides is 1. The van der Waals surface area contributed by atoms with Gasteiger partial charge in [-0.3, -0.25) is 9.78 Å². The number of hydrogen-bond acceptors (Lipinski definition) is 6. The molecule has 2 heterocycles. The fourth-order valence-corrected chi connectivity index (χ4v) is 5.00. The Kier molecular flexibility index (Phi) is 6.32. The molecule has 11 heteroatoms. The summed E-state index contributed by atoms with van der Waals surface area (Å²) in [7, 11) is -4.33. The van der Waals surface area contributed by atoms with Gasteiger partial charge < -0.3 is 14.7 Å². The number of aromatic nitrogens is 1. The Morgan fingerprint density at radius 2 is 1.93 bits per heavy atom. The smallest absolute Gasteiger partial charge is 0.417 e. The van der Waals surface area contributed by atoms with E-state index in [2.05, 4.69) is 4.98 Å². The summed E-state index contributed by atoms with van der Waals surface area (Å²) in [4.78, 5) is 16.3. The fraction of sp³-hybridized carbons (Fsp3) is 0.368. The highest BCUT2D eigenvalue weighted by Crippen LogP contribution is 2.36. The van der Waals surface area contributed by atoms with Gasteiger partial charge in [-0.2, -0.15) is 13.2 Å². The summed E-state index contributed by atoms with van der Waals surface area (Å²) in [5.74, 6) is -0.0738. The number of likely N-dealkylation sites (tertiary alicyclic amines) is 1. The first-order chi connectivity index (χ1) is 14.1. The van der Waals surface area contributed by atoms with Crippen molar-refractivity contribution in [2.24, 2.45) is 0 Å². The summed E-state index contributed by atoms with van der Waals surface area (Å²) in [6, 6.07) is 7.05. The number of nitrogens with zero attached hydrogens (tertiary/aromatic N) is 2. The first-order valence-corrected chi connectivity index (χ1v) is 10.5. The van der Waals surface area contributed by atoms with Gasteiger partial charge in [0.2, 0.25) is 0 Å². The highest BCUT2D eigenvalue weighted by atomic mass is 32.2. The largest absolute Gasteiger partial charge is 0.484 e. The summed E-state index contributed by atoms with van der Waals surface area (Å²) >= 11 is 0. The second-order valence-corrected chi connectivity index (χ2v) is 8.95. The molecular weight excluding hydrogens is 425 g/mol. The minimum atomic E-state index is -4.83. The number of alkyl halides is 3. The lowest BCUT2D eigenvalue weighted by Gasteiger charge is -2.18. The first kappa shape index (κ1) is 22.0. The van der Waals surface area contributed by atoms with Crippen molar-refractivity contribution in [1.82, 2.24) is 9.88 Å². The van der Waals surface area contributed by atoms with Crippen LogP contribution in [0.25, 0.3) is 0 Å². The van der Waals surface area contributed by atoms with Crippen molar-refractivity contribution >= 4 is 15.7 Å². The second-order valence-electron chi connectivity index (χ2n) is 6.76. The molecule has 0 spiro atoms. The summed E-state index contributed by atoms with van der Waals surface area (Å²) in [6.07, 6.45) is -3.23. The average Bonchev–Trinajstić information content (AvgIpc) is 3.23. The maximum Gasteiger partial charge on any atom is 0.417 e. The fourth-order valence-electron chi connectivity index (χ4n) is 3.16. The van der Waals surface area contributed by atoms with Gasteiger partial charge in [-0.05, 0) is 30.2 Å². The van der Waals surface area contributed by atoms with Crippen molar-refractivity contribution in [1.29, 1.82) is 0 Å². The Bertz CT molecular complexity index is 1010. The molecule has 1 N–H and O–H groups in total. The molecule has 1 saturated heterocycles. The molecule has 30 heavy (non-hydrogen) atoms. The molecule has 1 atom stereocenters. The quantitative estimate of drug-likeness (QED) is 0.733. The number of hydrogen-bond donors (Lipinski definition) is 1. The standard InChI is InChI=1S/C19H19F3N2O5S/c20-19(21,22)16-5-7-23-9-17(16)30(27,28)15-6-8-24(10-15)18(26)12-29-14-3-1-13(11-25)2-4-14/h1-5,7,9,15,25H,6,8,10-12H2. The van der Waals surface area contributed by atoms with E-state index >= 15 is 0 Å². The van der Waals surface area contributed by atoms with Crippen LogP contribution >= 0.6 is 0 Å². The number of benzene rings is 1. The Balaban J connectivity index is 1.66. The SMILES string of the molecule is O=C(COc1ccc(CO)cc1)N1CCC(S(=O)(=O)c2cnccc2C(F)(F)F)C1. The molecule has 1 aromatic carbocycles. The summed E-state index contributed by atoms with van der Waals surface area (Å²) in [5.41, 5.74) is -0.591. The molecule has 1 unspecified atom stereocenters. The van der Waals surface area contributed by atoms with Gasteiger partial charge in [0.25, 0.3) is 5.91 Å². The zero-order valence-corrected chi connectivity index (χ0v) is 16.5. The van der Waals surface area contributed by atoms with Crippen LogP contribution in [0.15, 0.2) is 47.6 Å². The maximum atomic E-state index is 13.2. The van der Waals surface area contributed by atoms with Crippen LogP contribution in [0.2, 0.25) is 0 Å². The zero-order chi connectivity index (χ0) is 21.9. The lowest BCUT2D eigenvalue weighted by Crippen LogP contribution is -2.35. The topological polar surface area (TPSA) is 96.8 Å². The lowest BCUT2D eigenvalue weighted by molar-refractivity contribution is -0.140. The molecule has 0 radical (unpaired) electrons. The van der Waals surface area contributed by atoms with E-state index in [9.17, 15) is 26.4 Å². The van der Waals surface area contributed by atoms with E-state index in [1.165, 1.54) is 4.90 Å². The molecule has 0 aliphatic carbocycles. The molecule has 0 saturated carbocycles. The van der Waals surface area contributed by atoms with E-state index in [0.717, 1.165) is 6.20 Å². The average molecular weight is 444 g/mol. The normalized spacial score (nSPS) is 17.2. The Labute approximate surface area is 171 Å². The third kappa shape index (κ3) is 4.73. The van der Waals surface area contributed by atoms with Crippen LogP contribution in [0, 0.1) is 0 Å². The number of ether oxygens (including phenoxy) is 1. The monoisotopic (exact) mass is 444 g/mol. The number of halogens is 3. The van der Waals surface area contributed by atoms with Gasteiger partial charge in [0, 0.05) is 25.5 Å². The van der Waals surface area contributed by atoms with E-state index in [0.29, 0.717) is 23.6 Å². The van der Waals surface area contributed by atoms with Gasteiger partial charge in [0.05, 0.1) is 22.3 Å². The summed E-state index contributed by atoms with van der Waals surface area (Å²) in [6.45, 7) is -0.598. The van der Waals surface area contributed by atoms with Crippen LogP contribution in [0.1, 0.15) is 17.5 Å². The highest BCUT2D eigenvalue weighted by molar-refractivity contribution is 7.92. The highest BCUT2D eigenvalue weighted by Gasteiger charge is 2.42. The molecule has 0 bridgehead atoms. The number of rotatable bonds is 6. The molecule has 1 aromatic heterocycles. The third-order valence-electron chi connectivity index (χ3n) is 4.80. The Hall–Kier alpha value is -2.66. The van der Waals surface area contributed by atoms with Crippen LogP contribution in [0.4, 0.5) is 13.2 Å². The zero-order valence-electron chi connectivity index (χ0n) is 15.7. The van der Waals surface area contributed by atoms with Gasteiger partial charge >= 0.3 is 6.18 Å². The van der Waals surface area contributed by atoms with Crippen molar-refractivity contribution in [3.63, 3.8) is 0 Å². The number of aliphatic hydroxyl groups is 1.